The second-order valence-corrected chi connectivity index (χ2v) is 7.02. The molecule has 1 saturated carbocycles. The molecule has 1 aliphatic carbocycles. The third-order valence-corrected chi connectivity index (χ3v) is 4.83. The van der Waals surface area contributed by atoms with Crippen LogP contribution in [0.4, 0.5) is 11.5 Å². The number of amides is 2. The molecule has 7 heteroatoms. The average molecular weight is 378 g/mol. The SMILES string of the molecule is CC1CC1CC(=O)Nc1cc(NC(=O)c2c(Cl)cccc2Cl)ccn1. The summed E-state index contributed by atoms with van der Waals surface area (Å²) < 4.78 is 0. The highest BCUT2D eigenvalue weighted by Crippen LogP contribution is 2.40. The fourth-order valence-electron chi connectivity index (χ4n) is 2.60. The van der Waals surface area contributed by atoms with E-state index in [0.29, 0.717) is 29.8 Å². The minimum Gasteiger partial charge on any atom is -0.322 e. The largest absolute Gasteiger partial charge is 0.322 e. The van der Waals surface area contributed by atoms with Gasteiger partial charge in [-0.05, 0) is 36.5 Å². The zero-order chi connectivity index (χ0) is 18.0. The van der Waals surface area contributed by atoms with E-state index in [2.05, 4.69) is 22.5 Å². The van der Waals surface area contributed by atoms with Crippen molar-refractivity contribution in [1.29, 1.82) is 0 Å². The van der Waals surface area contributed by atoms with E-state index in [1.807, 2.05) is 0 Å². The van der Waals surface area contributed by atoms with Crippen LogP contribution in [0.3, 0.4) is 0 Å². The number of pyridine rings is 1. The lowest BCUT2D eigenvalue weighted by atomic mass is 10.2. The summed E-state index contributed by atoms with van der Waals surface area (Å²) in [7, 11) is 0. The third kappa shape index (κ3) is 4.50. The Morgan fingerprint density at radius 2 is 1.88 bits per heavy atom. The Hall–Kier alpha value is -2.11. The van der Waals surface area contributed by atoms with Crippen molar-refractivity contribution in [2.45, 2.75) is 19.8 Å². The van der Waals surface area contributed by atoms with Crippen LogP contribution in [0.25, 0.3) is 0 Å². The summed E-state index contributed by atoms with van der Waals surface area (Å²) >= 11 is 12.1. The van der Waals surface area contributed by atoms with Gasteiger partial charge in [0.25, 0.3) is 5.91 Å². The second kappa shape index (κ2) is 7.42. The van der Waals surface area contributed by atoms with Crippen molar-refractivity contribution in [3.05, 3.63) is 52.1 Å². The molecule has 25 heavy (non-hydrogen) atoms. The Bertz CT molecular complexity index is 805. The molecule has 2 amide bonds. The van der Waals surface area contributed by atoms with Crippen molar-refractivity contribution in [2.24, 2.45) is 11.8 Å². The normalized spacial score (nSPS) is 18.5. The first-order valence-corrected chi connectivity index (χ1v) is 8.71. The number of nitrogens with one attached hydrogen (secondary N) is 2. The topological polar surface area (TPSA) is 71.1 Å². The zero-order valence-corrected chi connectivity index (χ0v) is 15.1. The Kier molecular flexibility index (Phi) is 5.25. The van der Waals surface area contributed by atoms with Crippen molar-refractivity contribution in [1.82, 2.24) is 4.98 Å². The number of hydrogen-bond acceptors (Lipinski definition) is 3. The van der Waals surface area contributed by atoms with Crippen LogP contribution in [0.1, 0.15) is 30.1 Å². The quantitative estimate of drug-likeness (QED) is 0.797. The number of halogens is 2. The minimum atomic E-state index is -0.425. The molecule has 1 fully saturated rings. The number of nitrogens with zero attached hydrogens (tertiary/aromatic N) is 1. The van der Waals surface area contributed by atoms with Crippen LogP contribution >= 0.6 is 23.2 Å². The number of carbonyl (C=O) groups excluding carboxylic acids is 2. The monoisotopic (exact) mass is 377 g/mol. The van der Waals surface area contributed by atoms with Gasteiger partial charge in [-0.25, -0.2) is 4.98 Å². The van der Waals surface area contributed by atoms with Gasteiger partial charge in [-0.15, -0.1) is 0 Å². The summed E-state index contributed by atoms with van der Waals surface area (Å²) in [5.41, 5.74) is 0.696. The zero-order valence-electron chi connectivity index (χ0n) is 13.6. The molecule has 0 saturated heterocycles. The maximum Gasteiger partial charge on any atom is 0.258 e. The van der Waals surface area contributed by atoms with Crippen LogP contribution in [0.5, 0.6) is 0 Å². The van der Waals surface area contributed by atoms with E-state index in [0.717, 1.165) is 6.42 Å². The summed E-state index contributed by atoms with van der Waals surface area (Å²) in [5, 5.41) is 6.01. The Morgan fingerprint density at radius 3 is 2.52 bits per heavy atom. The first-order chi connectivity index (χ1) is 11.9. The number of benzene rings is 1. The van der Waals surface area contributed by atoms with Gasteiger partial charge in [-0.3, -0.25) is 9.59 Å². The number of rotatable bonds is 5. The molecule has 0 bridgehead atoms. The van der Waals surface area contributed by atoms with E-state index < -0.39 is 5.91 Å². The Labute approximate surface area is 155 Å². The summed E-state index contributed by atoms with van der Waals surface area (Å²) in [6.07, 6.45) is 3.10. The van der Waals surface area contributed by atoms with Crippen LogP contribution < -0.4 is 10.6 Å². The fourth-order valence-corrected chi connectivity index (χ4v) is 3.17. The van der Waals surface area contributed by atoms with Crippen molar-refractivity contribution < 1.29 is 9.59 Å². The third-order valence-electron chi connectivity index (χ3n) is 4.20. The molecule has 130 valence electrons. The smallest absolute Gasteiger partial charge is 0.258 e. The maximum absolute atomic E-state index is 12.4. The molecule has 0 radical (unpaired) electrons. The number of anilines is 2. The fraction of sp³-hybridized carbons (Fsp3) is 0.278. The summed E-state index contributed by atoms with van der Waals surface area (Å²) in [5.74, 6) is 0.974. The lowest BCUT2D eigenvalue weighted by Crippen LogP contribution is -2.15. The highest BCUT2D eigenvalue weighted by Gasteiger charge is 2.34. The van der Waals surface area contributed by atoms with Crippen molar-refractivity contribution in [2.75, 3.05) is 10.6 Å². The molecular formula is C18H17Cl2N3O2. The minimum absolute atomic E-state index is 0.0699. The van der Waals surface area contributed by atoms with Crippen LogP contribution in [-0.4, -0.2) is 16.8 Å². The lowest BCUT2D eigenvalue weighted by Gasteiger charge is -2.10. The van der Waals surface area contributed by atoms with Gasteiger partial charge < -0.3 is 10.6 Å². The van der Waals surface area contributed by atoms with E-state index in [-0.39, 0.29) is 21.5 Å². The van der Waals surface area contributed by atoms with Crippen LogP contribution in [0, 0.1) is 11.8 Å². The van der Waals surface area contributed by atoms with Gasteiger partial charge in [-0.2, -0.15) is 0 Å². The summed E-state index contributed by atoms with van der Waals surface area (Å²) in [6, 6.07) is 8.08. The van der Waals surface area contributed by atoms with Crippen molar-refractivity contribution >= 4 is 46.5 Å². The predicted molar refractivity (Wildman–Crippen MR) is 99.2 cm³/mol. The summed E-state index contributed by atoms with van der Waals surface area (Å²) in [6.45, 7) is 2.13. The molecule has 3 rings (SSSR count). The molecule has 0 aliphatic heterocycles. The molecule has 1 aliphatic rings. The molecule has 2 N–H and O–H groups in total. The number of carbonyl (C=O) groups is 2. The van der Waals surface area contributed by atoms with Gasteiger partial charge in [-0.1, -0.05) is 36.2 Å². The Balaban J connectivity index is 1.67. The van der Waals surface area contributed by atoms with E-state index >= 15 is 0 Å². The highest BCUT2D eigenvalue weighted by atomic mass is 35.5. The van der Waals surface area contributed by atoms with Gasteiger partial charge in [0.05, 0.1) is 15.6 Å². The first-order valence-electron chi connectivity index (χ1n) is 7.95. The highest BCUT2D eigenvalue weighted by molar-refractivity contribution is 6.40. The molecule has 5 nitrogen and oxygen atoms in total. The molecule has 2 aromatic rings. The Morgan fingerprint density at radius 1 is 1.20 bits per heavy atom. The molecular weight excluding hydrogens is 361 g/mol. The van der Waals surface area contributed by atoms with Gasteiger partial charge in [0.1, 0.15) is 5.82 Å². The van der Waals surface area contributed by atoms with E-state index in [1.54, 1.807) is 30.3 Å². The number of aromatic nitrogens is 1. The second-order valence-electron chi connectivity index (χ2n) is 6.21. The maximum atomic E-state index is 12.4. The van der Waals surface area contributed by atoms with Crippen LogP contribution in [-0.2, 0) is 4.79 Å². The molecule has 2 unspecified atom stereocenters. The summed E-state index contributed by atoms with van der Waals surface area (Å²) in [4.78, 5) is 28.5. The molecule has 1 aromatic carbocycles. The molecule has 1 heterocycles. The van der Waals surface area contributed by atoms with Crippen molar-refractivity contribution in [3.8, 4) is 0 Å². The van der Waals surface area contributed by atoms with E-state index in [9.17, 15) is 9.59 Å². The number of hydrogen-bond donors (Lipinski definition) is 2. The molecule has 2 atom stereocenters. The lowest BCUT2D eigenvalue weighted by molar-refractivity contribution is -0.116. The predicted octanol–water partition coefficient (Wildman–Crippen LogP) is 4.63. The molecule has 0 spiro atoms. The van der Waals surface area contributed by atoms with E-state index in [4.69, 9.17) is 23.2 Å². The van der Waals surface area contributed by atoms with Gasteiger partial charge in [0.15, 0.2) is 0 Å². The van der Waals surface area contributed by atoms with E-state index in [1.165, 1.54) is 6.20 Å². The van der Waals surface area contributed by atoms with Crippen LogP contribution in [0.15, 0.2) is 36.5 Å². The first kappa shape index (κ1) is 17.7. The van der Waals surface area contributed by atoms with Crippen molar-refractivity contribution in [3.63, 3.8) is 0 Å². The molecule has 1 aromatic heterocycles. The van der Waals surface area contributed by atoms with Gasteiger partial charge in [0, 0.05) is 24.4 Å². The average Bonchev–Trinajstić information content (AvgIpc) is 3.22. The standard InChI is InChI=1S/C18H17Cl2N3O2/c1-10-7-11(10)8-16(24)23-15-9-12(5-6-21-15)22-18(25)17-13(19)3-2-4-14(17)20/h2-6,9-11H,7-8H2,1H3,(H2,21,22,23,24,25). The van der Waals surface area contributed by atoms with Gasteiger partial charge in [0.2, 0.25) is 5.91 Å². The van der Waals surface area contributed by atoms with Gasteiger partial charge >= 0.3 is 0 Å². The van der Waals surface area contributed by atoms with Crippen LogP contribution in [0.2, 0.25) is 10.0 Å².